The maximum Gasteiger partial charge on any atom is 0.246 e. The van der Waals surface area contributed by atoms with Crippen LogP contribution in [0, 0.1) is 0 Å². The second-order valence-corrected chi connectivity index (χ2v) is 3.76. The van der Waals surface area contributed by atoms with Crippen LogP contribution in [-0.2, 0) is 14.4 Å². The average molecular weight is 227 g/mol. The number of primary amides is 1. The third kappa shape index (κ3) is 3.03. The zero-order valence-corrected chi connectivity index (χ0v) is 9.36. The van der Waals surface area contributed by atoms with E-state index in [2.05, 4.69) is 5.32 Å². The number of carbonyl (C=O) groups excluding carboxylic acids is 3. The number of amides is 3. The Morgan fingerprint density at radius 1 is 1.56 bits per heavy atom. The van der Waals surface area contributed by atoms with Crippen LogP contribution in [-0.4, -0.2) is 41.8 Å². The molecular weight excluding hydrogens is 210 g/mol. The highest BCUT2D eigenvalue weighted by Gasteiger charge is 2.36. The highest BCUT2D eigenvalue weighted by Crippen LogP contribution is 2.12. The molecule has 90 valence electrons. The van der Waals surface area contributed by atoms with Gasteiger partial charge in [-0.05, 0) is 19.9 Å². The molecule has 3 amide bonds. The molecule has 0 saturated carbocycles. The Hall–Kier alpha value is -1.43. The first-order valence-electron chi connectivity index (χ1n) is 5.42. The first-order chi connectivity index (χ1) is 7.56. The molecular formula is C10H17N3O3. The fraction of sp³-hybridized carbons (Fsp3) is 0.700. The van der Waals surface area contributed by atoms with Crippen molar-refractivity contribution in [1.29, 1.82) is 0 Å². The lowest BCUT2D eigenvalue weighted by molar-refractivity contribution is -0.138. The molecule has 0 spiro atoms. The Morgan fingerprint density at radius 3 is 2.75 bits per heavy atom. The Kier molecular flexibility index (Phi) is 4.42. The number of likely N-dealkylation sites (N-methyl/N-ethyl adjacent to an activating group) is 1. The van der Waals surface area contributed by atoms with Gasteiger partial charge >= 0.3 is 0 Å². The summed E-state index contributed by atoms with van der Waals surface area (Å²) in [7, 11) is 0. The predicted octanol–water partition coefficient (Wildman–Crippen LogP) is -1.01. The molecule has 0 aliphatic carbocycles. The number of nitrogens with two attached hydrogens (primary N) is 1. The monoisotopic (exact) mass is 227 g/mol. The summed E-state index contributed by atoms with van der Waals surface area (Å²) in [4.78, 5) is 34.7. The van der Waals surface area contributed by atoms with Crippen molar-refractivity contribution in [3.63, 3.8) is 0 Å². The smallest absolute Gasteiger partial charge is 0.246 e. The van der Waals surface area contributed by atoms with Crippen LogP contribution in [0.3, 0.4) is 0 Å². The van der Waals surface area contributed by atoms with Gasteiger partial charge in [-0.25, -0.2) is 0 Å². The van der Waals surface area contributed by atoms with Crippen LogP contribution in [0.2, 0.25) is 0 Å². The molecule has 1 atom stereocenters. The fourth-order valence-electron chi connectivity index (χ4n) is 1.71. The van der Waals surface area contributed by atoms with Crippen molar-refractivity contribution in [1.82, 2.24) is 10.2 Å². The lowest BCUT2D eigenvalue weighted by Gasteiger charge is -2.12. The zero-order chi connectivity index (χ0) is 12.1. The van der Waals surface area contributed by atoms with Crippen molar-refractivity contribution in [2.24, 2.45) is 5.73 Å². The molecule has 3 N–H and O–H groups in total. The van der Waals surface area contributed by atoms with E-state index in [1.807, 2.05) is 0 Å². The second kappa shape index (κ2) is 5.60. The van der Waals surface area contributed by atoms with E-state index in [-0.39, 0.29) is 24.1 Å². The van der Waals surface area contributed by atoms with Crippen molar-refractivity contribution in [3.05, 3.63) is 0 Å². The third-order valence-electron chi connectivity index (χ3n) is 2.55. The quantitative estimate of drug-likeness (QED) is 0.449. The molecule has 16 heavy (non-hydrogen) atoms. The van der Waals surface area contributed by atoms with Crippen LogP contribution >= 0.6 is 0 Å². The fourth-order valence-corrected chi connectivity index (χ4v) is 1.71. The zero-order valence-electron chi connectivity index (χ0n) is 9.36. The summed E-state index contributed by atoms with van der Waals surface area (Å²) < 4.78 is 0. The number of imide groups is 1. The Morgan fingerprint density at radius 2 is 2.25 bits per heavy atom. The molecule has 0 bridgehead atoms. The molecule has 1 fully saturated rings. The standard InChI is InChI=1S/C10H17N3O3/c1-2-13-9(15)6-7(10(13)16)12-5-3-4-8(11)14/h7,12H,2-6H2,1H3,(H2,11,14). The van der Waals surface area contributed by atoms with Crippen LogP contribution in [0.4, 0.5) is 0 Å². The van der Waals surface area contributed by atoms with Crippen molar-refractivity contribution >= 4 is 17.7 Å². The van der Waals surface area contributed by atoms with Gasteiger partial charge in [0.25, 0.3) is 0 Å². The Labute approximate surface area is 94.2 Å². The number of likely N-dealkylation sites (tertiary alicyclic amines) is 1. The average Bonchev–Trinajstić information content (AvgIpc) is 2.48. The number of rotatable bonds is 6. The molecule has 6 heteroatoms. The normalized spacial score (nSPS) is 20.6. The molecule has 0 radical (unpaired) electrons. The predicted molar refractivity (Wildman–Crippen MR) is 57.2 cm³/mol. The molecule has 6 nitrogen and oxygen atoms in total. The van der Waals surface area contributed by atoms with E-state index in [4.69, 9.17) is 5.73 Å². The van der Waals surface area contributed by atoms with Gasteiger partial charge < -0.3 is 11.1 Å². The summed E-state index contributed by atoms with van der Waals surface area (Å²) in [5.74, 6) is -0.669. The number of hydrogen-bond acceptors (Lipinski definition) is 4. The maximum atomic E-state index is 11.6. The molecule has 0 aromatic rings. The minimum Gasteiger partial charge on any atom is -0.370 e. The molecule has 1 aliphatic rings. The molecule has 0 aromatic heterocycles. The van der Waals surface area contributed by atoms with Crippen LogP contribution in [0.25, 0.3) is 0 Å². The van der Waals surface area contributed by atoms with Crippen molar-refractivity contribution < 1.29 is 14.4 Å². The van der Waals surface area contributed by atoms with E-state index in [0.717, 1.165) is 0 Å². The van der Waals surface area contributed by atoms with E-state index >= 15 is 0 Å². The van der Waals surface area contributed by atoms with Crippen LogP contribution in [0.15, 0.2) is 0 Å². The number of nitrogens with one attached hydrogen (secondary N) is 1. The SMILES string of the molecule is CCN1C(=O)CC(NCCCC(N)=O)C1=O. The highest BCUT2D eigenvalue weighted by molar-refractivity contribution is 6.05. The molecule has 0 aromatic carbocycles. The largest absolute Gasteiger partial charge is 0.370 e. The highest BCUT2D eigenvalue weighted by atomic mass is 16.2. The molecule has 1 rings (SSSR count). The molecule has 1 unspecified atom stereocenters. The van der Waals surface area contributed by atoms with Gasteiger partial charge in [0, 0.05) is 13.0 Å². The minimum absolute atomic E-state index is 0.139. The molecule has 1 aliphatic heterocycles. The van der Waals surface area contributed by atoms with E-state index < -0.39 is 6.04 Å². The Bertz CT molecular complexity index is 304. The van der Waals surface area contributed by atoms with E-state index in [1.165, 1.54) is 4.90 Å². The summed E-state index contributed by atoms with van der Waals surface area (Å²) in [6, 6.07) is -0.430. The lowest BCUT2D eigenvalue weighted by Crippen LogP contribution is -2.39. The number of carbonyl (C=O) groups is 3. The summed E-state index contributed by atoms with van der Waals surface area (Å²) in [5, 5.41) is 2.96. The van der Waals surface area contributed by atoms with Gasteiger partial charge in [0.2, 0.25) is 17.7 Å². The van der Waals surface area contributed by atoms with Crippen LogP contribution < -0.4 is 11.1 Å². The Balaban J connectivity index is 2.31. The summed E-state index contributed by atoms with van der Waals surface area (Å²) in [5.41, 5.74) is 4.98. The van der Waals surface area contributed by atoms with E-state index in [0.29, 0.717) is 25.9 Å². The molecule has 1 saturated heterocycles. The van der Waals surface area contributed by atoms with Gasteiger partial charge in [-0.1, -0.05) is 0 Å². The lowest BCUT2D eigenvalue weighted by atomic mass is 10.2. The number of hydrogen-bond donors (Lipinski definition) is 2. The summed E-state index contributed by atoms with van der Waals surface area (Å²) >= 11 is 0. The minimum atomic E-state index is -0.430. The van der Waals surface area contributed by atoms with E-state index in [9.17, 15) is 14.4 Å². The van der Waals surface area contributed by atoms with Crippen molar-refractivity contribution in [3.8, 4) is 0 Å². The van der Waals surface area contributed by atoms with Crippen molar-refractivity contribution in [2.75, 3.05) is 13.1 Å². The summed E-state index contributed by atoms with van der Waals surface area (Å²) in [6.07, 6.45) is 1.09. The molecule has 1 heterocycles. The van der Waals surface area contributed by atoms with Crippen molar-refractivity contribution in [2.45, 2.75) is 32.2 Å². The van der Waals surface area contributed by atoms with Gasteiger partial charge in [-0.15, -0.1) is 0 Å². The second-order valence-electron chi connectivity index (χ2n) is 3.76. The third-order valence-corrected chi connectivity index (χ3v) is 2.55. The van der Waals surface area contributed by atoms with Gasteiger partial charge in [-0.3, -0.25) is 19.3 Å². The van der Waals surface area contributed by atoms with Gasteiger partial charge in [0.15, 0.2) is 0 Å². The van der Waals surface area contributed by atoms with Gasteiger partial charge in [-0.2, -0.15) is 0 Å². The first-order valence-corrected chi connectivity index (χ1v) is 5.42. The maximum absolute atomic E-state index is 11.6. The van der Waals surface area contributed by atoms with Gasteiger partial charge in [0.1, 0.15) is 0 Å². The summed E-state index contributed by atoms with van der Waals surface area (Å²) in [6.45, 7) is 2.70. The topological polar surface area (TPSA) is 92.5 Å². The van der Waals surface area contributed by atoms with Gasteiger partial charge in [0.05, 0.1) is 12.5 Å². The van der Waals surface area contributed by atoms with Crippen LogP contribution in [0.1, 0.15) is 26.2 Å². The van der Waals surface area contributed by atoms with E-state index in [1.54, 1.807) is 6.92 Å². The van der Waals surface area contributed by atoms with Crippen LogP contribution in [0.5, 0.6) is 0 Å². The first kappa shape index (κ1) is 12.6. The number of nitrogens with zero attached hydrogens (tertiary/aromatic N) is 1.